The summed E-state index contributed by atoms with van der Waals surface area (Å²) >= 11 is 7.08. The van der Waals surface area contributed by atoms with Gasteiger partial charge in [0.1, 0.15) is 11.5 Å². The Bertz CT molecular complexity index is 743. The monoisotopic (exact) mass is 421 g/mol. The van der Waals surface area contributed by atoms with Crippen LogP contribution in [-0.2, 0) is 16.6 Å². The molecule has 0 aliphatic carbocycles. The lowest BCUT2D eigenvalue weighted by Gasteiger charge is -2.33. The van der Waals surface area contributed by atoms with Crippen molar-refractivity contribution in [3.8, 4) is 11.5 Å². The summed E-state index contributed by atoms with van der Waals surface area (Å²) in [6, 6.07) is 19.1. The van der Waals surface area contributed by atoms with E-state index in [-0.39, 0.29) is 17.7 Å². The van der Waals surface area contributed by atoms with Crippen molar-refractivity contribution in [3.05, 3.63) is 60.7 Å². The molecule has 0 spiro atoms. The summed E-state index contributed by atoms with van der Waals surface area (Å²) in [6.07, 6.45) is 3.31. The predicted octanol–water partition coefficient (Wildman–Crippen LogP) is 5.50. The smallest absolute Gasteiger partial charge is 0.349 e. The van der Waals surface area contributed by atoms with Gasteiger partial charge in [0.05, 0.1) is 5.75 Å². The first-order valence-corrected chi connectivity index (χ1v) is 13.3. The summed E-state index contributed by atoms with van der Waals surface area (Å²) in [6.45, 7) is 2.93. The van der Waals surface area contributed by atoms with Gasteiger partial charge in [-0.3, -0.25) is 4.79 Å². The van der Waals surface area contributed by atoms with Crippen LogP contribution >= 0.6 is 17.1 Å². The summed E-state index contributed by atoms with van der Waals surface area (Å²) in [4.78, 5) is 14.7. The van der Waals surface area contributed by atoms with E-state index < -0.39 is 5.69 Å². The highest BCUT2D eigenvalue weighted by molar-refractivity contribution is 8.68. The molecule has 1 aliphatic rings. The standard InChI is InChI=1S/C20H24NO3PS2/c1-17-10-8-9-15-21(17)20(22)16-27-25(26,23-18-11-4-2-5-12-18)24-19-13-6-3-7-14-19/h2-7,11-14,17H,8-10,15-16H2,1H3. The second kappa shape index (κ2) is 9.63. The molecule has 0 bridgehead atoms. The fourth-order valence-electron chi connectivity index (χ4n) is 2.98. The Labute approximate surface area is 170 Å². The highest BCUT2D eigenvalue weighted by Gasteiger charge is 2.29. The molecule has 7 heteroatoms. The molecule has 1 saturated heterocycles. The maximum absolute atomic E-state index is 12.7. The Balaban J connectivity index is 1.71. The maximum Gasteiger partial charge on any atom is 0.349 e. The fourth-order valence-corrected chi connectivity index (χ4v) is 6.94. The molecule has 1 atom stereocenters. The molecule has 144 valence electrons. The molecule has 1 fully saturated rings. The van der Waals surface area contributed by atoms with E-state index in [0.717, 1.165) is 19.4 Å². The van der Waals surface area contributed by atoms with Crippen molar-refractivity contribution in [3.63, 3.8) is 0 Å². The van der Waals surface area contributed by atoms with Crippen LogP contribution in [0.25, 0.3) is 0 Å². The molecule has 1 heterocycles. The van der Waals surface area contributed by atoms with E-state index in [1.54, 1.807) is 0 Å². The van der Waals surface area contributed by atoms with Gasteiger partial charge in [0.15, 0.2) is 0 Å². The molecular weight excluding hydrogens is 397 g/mol. The van der Waals surface area contributed by atoms with Crippen LogP contribution in [0.15, 0.2) is 60.7 Å². The number of benzene rings is 2. The predicted molar refractivity (Wildman–Crippen MR) is 116 cm³/mol. The Morgan fingerprint density at radius 1 is 1.07 bits per heavy atom. The normalized spacial score (nSPS) is 17.4. The van der Waals surface area contributed by atoms with Crippen molar-refractivity contribution in [2.24, 2.45) is 0 Å². The third-order valence-corrected chi connectivity index (χ3v) is 9.13. The zero-order valence-corrected chi connectivity index (χ0v) is 17.8. The van der Waals surface area contributed by atoms with Crippen LogP contribution in [0.2, 0.25) is 0 Å². The van der Waals surface area contributed by atoms with E-state index in [1.165, 1.54) is 17.8 Å². The van der Waals surface area contributed by atoms with Gasteiger partial charge in [0.25, 0.3) is 0 Å². The summed E-state index contributed by atoms with van der Waals surface area (Å²) in [5.41, 5.74) is -2.79. The molecule has 4 nitrogen and oxygen atoms in total. The Morgan fingerprint density at radius 3 is 2.15 bits per heavy atom. The van der Waals surface area contributed by atoms with Gasteiger partial charge >= 0.3 is 5.69 Å². The summed E-state index contributed by atoms with van der Waals surface area (Å²) in [5.74, 6) is 1.68. The lowest BCUT2D eigenvalue weighted by molar-refractivity contribution is -0.131. The lowest BCUT2D eigenvalue weighted by atomic mass is 10.0. The first kappa shape index (κ1) is 20.2. The number of nitrogens with zero attached hydrogens (tertiary/aromatic N) is 1. The van der Waals surface area contributed by atoms with Gasteiger partial charge in [-0.25, -0.2) is 0 Å². The SMILES string of the molecule is CC1CCCCN1C(=O)CSP(=S)(Oc1ccccc1)Oc1ccccc1. The summed E-state index contributed by atoms with van der Waals surface area (Å²) in [7, 11) is 0. The van der Waals surface area contributed by atoms with Crippen LogP contribution in [0, 0.1) is 0 Å². The van der Waals surface area contributed by atoms with Gasteiger partial charge in [0.2, 0.25) is 5.91 Å². The molecule has 3 rings (SSSR count). The van der Waals surface area contributed by atoms with Crippen molar-refractivity contribution in [2.45, 2.75) is 32.2 Å². The van der Waals surface area contributed by atoms with Crippen LogP contribution in [0.1, 0.15) is 26.2 Å². The number of carbonyl (C=O) groups is 1. The molecule has 0 N–H and O–H groups in total. The Kier molecular flexibility index (Phi) is 7.22. The van der Waals surface area contributed by atoms with Gasteiger partial charge in [-0.05, 0) is 73.6 Å². The van der Waals surface area contributed by atoms with Crippen molar-refractivity contribution in [1.82, 2.24) is 4.90 Å². The fraction of sp³-hybridized carbons (Fsp3) is 0.350. The minimum Gasteiger partial charge on any atom is -0.428 e. The maximum atomic E-state index is 12.7. The zero-order chi connectivity index (χ0) is 19.1. The van der Waals surface area contributed by atoms with E-state index in [1.807, 2.05) is 65.6 Å². The number of likely N-dealkylation sites (tertiary alicyclic amines) is 1. The summed E-state index contributed by atoms with van der Waals surface area (Å²) in [5, 5.41) is 0. The van der Waals surface area contributed by atoms with Crippen molar-refractivity contribution < 1.29 is 13.8 Å². The molecule has 0 saturated carbocycles. The quantitative estimate of drug-likeness (QED) is 0.552. The first-order chi connectivity index (χ1) is 13.1. The van der Waals surface area contributed by atoms with Gasteiger partial charge in [-0.1, -0.05) is 36.4 Å². The topological polar surface area (TPSA) is 38.8 Å². The van der Waals surface area contributed by atoms with E-state index in [9.17, 15) is 4.79 Å². The van der Waals surface area contributed by atoms with Gasteiger partial charge < -0.3 is 13.9 Å². The minimum absolute atomic E-state index is 0.106. The highest BCUT2D eigenvalue weighted by atomic mass is 32.9. The van der Waals surface area contributed by atoms with E-state index >= 15 is 0 Å². The molecule has 1 unspecified atom stereocenters. The Morgan fingerprint density at radius 2 is 1.63 bits per heavy atom. The van der Waals surface area contributed by atoms with Crippen LogP contribution in [0.4, 0.5) is 0 Å². The molecule has 1 amide bonds. The Hall–Kier alpha value is -1.49. The summed E-state index contributed by atoms with van der Waals surface area (Å²) < 4.78 is 12.1. The van der Waals surface area contributed by atoms with E-state index in [2.05, 4.69) is 6.92 Å². The third-order valence-electron chi connectivity index (χ3n) is 4.39. The molecule has 1 aliphatic heterocycles. The number of amides is 1. The van der Waals surface area contributed by atoms with Gasteiger partial charge in [0, 0.05) is 12.6 Å². The second-order valence-electron chi connectivity index (χ2n) is 6.46. The molecule has 0 radical (unpaired) electrons. The lowest BCUT2D eigenvalue weighted by Crippen LogP contribution is -2.42. The second-order valence-corrected chi connectivity index (χ2v) is 12.6. The number of para-hydroxylation sites is 2. The third kappa shape index (κ3) is 6.00. The number of rotatable bonds is 7. The largest absolute Gasteiger partial charge is 0.428 e. The number of hydrogen-bond donors (Lipinski definition) is 0. The molecule has 27 heavy (non-hydrogen) atoms. The van der Waals surface area contributed by atoms with Crippen LogP contribution < -0.4 is 9.05 Å². The molecule has 2 aromatic rings. The number of hydrogen-bond acceptors (Lipinski definition) is 5. The first-order valence-electron chi connectivity index (χ1n) is 9.09. The highest BCUT2D eigenvalue weighted by Crippen LogP contribution is 2.60. The van der Waals surface area contributed by atoms with E-state index in [0.29, 0.717) is 11.5 Å². The number of carbonyl (C=O) groups excluding carboxylic acids is 1. The van der Waals surface area contributed by atoms with Crippen LogP contribution in [0.3, 0.4) is 0 Å². The van der Waals surface area contributed by atoms with Crippen molar-refractivity contribution >= 4 is 34.8 Å². The zero-order valence-electron chi connectivity index (χ0n) is 15.3. The molecular formula is C20H24NO3PS2. The van der Waals surface area contributed by atoms with Crippen LogP contribution in [-0.4, -0.2) is 29.1 Å². The van der Waals surface area contributed by atoms with Crippen molar-refractivity contribution in [1.29, 1.82) is 0 Å². The average molecular weight is 422 g/mol. The van der Waals surface area contributed by atoms with Crippen molar-refractivity contribution in [2.75, 3.05) is 12.3 Å². The molecule has 2 aromatic carbocycles. The number of piperidine rings is 1. The van der Waals surface area contributed by atoms with Gasteiger partial charge in [-0.2, -0.15) is 0 Å². The van der Waals surface area contributed by atoms with Crippen LogP contribution in [0.5, 0.6) is 11.5 Å². The van der Waals surface area contributed by atoms with E-state index in [4.69, 9.17) is 20.9 Å². The van der Waals surface area contributed by atoms with Gasteiger partial charge in [-0.15, -0.1) is 0 Å². The average Bonchev–Trinajstić information content (AvgIpc) is 2.68. The minimum atomic E-state index is -2.79. The molecule has 0 aromatic heterocycles.